The molecule has 4 N–H and O–H groups in total. The number of aliphatic hydroxyl groups excluding tert-OH is 4. The highest BCUT2D eigenvalue weighted by Crippen LogP contribution is 2.25. The van der Waals surface area contributed by atoms with Gasteiger partial charge in [0.15, 0.2) is 0 Å². The summed E-state index contributed by atoms with van der Waals surface area (Å²) >= 11 is 0. The van der Waals surface area contributed by atoms with Crippen LogP contribution in [0, 0.1) is 10.8 Å². The molecule has 0 amide bonds. The van der Waals surface area contributed by atoms with Gasteiger partial charge in [-0.25, -0.2) is 0 Å². The average molecular weight is 236 g/mol. The van der Waals surface area contributed by atoms with E-state index in [2.05, 4.69) is 0 Å². The maximum atomic E-state index is 9.18. The number of rotatable bonds is 4. The summed E-state index contributed by atoms with van der Waals surface area (Å²) in [5, 5.41) is 36.7. The molecule has 0 atom stereocenters. The molecule has 0 aromatic carbocycles. The molecular weight excluding hydrogens is 216 g/mol. The Balaban J connectivity index is 2.61. The first-order valence-electron chi connectivity index (χ1n) is 5.25. The summed E-state index contributed by atoms with van der Waals surface area (Å²) in [5.74, 6) is 0. The maximum absolute atomic E-state index is 9.18. The SMILES string of the molecule is OCC1(CO)COCC(CO)(CO)COC1. The van der Waals surface area contributed by atoms with Crippen molar-refractivity contribution >= 4 is 0 Å². The molecule has 0 aromatic heterocycles. The predicted molar refractivity (Wildman–Crippen MR) is 54.8 cm³/mol. The van der Waals surface area contributed by atoms with Gasteiger partial charge in [-0.2, -0.15) is 0 Å². The largest absolute Gasteiger partial charge is 0.396 e. The third kappa shape index (κ3) is 2.91. The Morgan fingerprint density at radius 2 is 0.875 bits per heavy atom. The molecule has 0 aromatic rings. The van der Waals surface area contributed by atoms with Gasteiger partial charge in [0.05, 0.1) is 63.7 Å². The molecule has 0 bridgehead atoms. The Bertz CT molecular complexity index is 165. The van der Waals surface area contributed by atoms with E-state index in [9.17, 15) is 20.4 Å². The number of aliphatic hydroxyl groups is 4. The molecule has 0 saturated carbocycles. The molecule has 0 radical (unpaired) electrons. The topological polar surface area (TPSA) is 99.4 Å². The summed E-state index contributed by atoms with van der Waals surface area (Å²) in [5.41, 5.74) is -1.59. The highest BCUT2D eigenvalue weighted by Gasteiger charge is 2.37. The summed E-state index contributed by atoms with van der Waals surface area (Å²) in [6.45, 7) is -0.347. The minimum atomic E-state index is -0.795. The fraction of sp³-hybridized carbons (Fsp3) is 1.00. The van der Waals surface area contributed by atoms with Crippen LogP contribution in [0.15, 0.2) is 0 Å². The van der Waals surface area contributed by atoms with Gasteiger partial charge in [0.2, 0.25) is 0 Å². The lowest BCUT2D eigenvalue weighted by atomic mass is 9.88. The van der Waals surface area contributed by atoms with Gasteiger partial charge in [-0.15, -0.1) is 0 Å². The van der Waals surface area contributed by atoms with Crippen LogP contribution in [0.25, 0.3) is 0 Å². The van der Waals surface area contributed by atoms with Crippen molar-refractivity contribution in [2.24, 2.45) is 10.8 Å². The van der Waals surface area contributed by atoms with E-state index >= 15 is 0 Å². The van der Waals surface area contributed by atoms with Crippen molar-refractivity contribution in [1.82, 2.24) is 0 Å². The predicted octanol–water partition coefficient (Wildman–Crippen LogP) is -2.02. The molecule has 0 unspecified atom stereocenters. The monoisotopic (exact) mass is 236 g/mol. The minimum Gasteiger partial charge on any atom is -0.396 e. The molecule has 96 valence electrons. The van der Waals surface area contributed by atoms with Crippen LogP contribution in [0.5, 0.6) is 0 Å². The summed E-state index contributed by atoms with van der Waals surface area (Å²) in [6, 6.07) is 0. The molecule has 1 fully saturated rings. The highest BCUT2D eigenvalue weighted by atomic mass is 16.5. The van der Waals surface area contributed by atoms with E-state index < -0.39 is 10.8 Å². The standard InChI is InChI=1S/C10H20O6/c11-1-9(2-12)5-15-7-10(3-13,4-14)8-16-6-9/h11-14H,1-8H2. The van der Waals surface area contributed by atoms with Crippen LogP contribution in [-0.4, -0.2) is 73.3 Å². The van der Waals surface area contributed by atoms with E-state index in [1.807, 2.05) is 0 Å². The van der Waals surface area contributed by atoms with Gasteiger partial charge in [0, 0.05) is 0 Å². The fourth-order valence-corrected chi connectivity index (χ4v) is 1.52. The van der Waals surface area contributed by atoms with Crippen LogP contribution in [0.2, 0.25) is 0 Å². The summed E-state index contributed by atoms with van der Waals surface area (Å²) in [7, 11) is 0. The number of hydrogen-bond acceptors (Lipinski definition) is 6. The zero-order valence-corrected chi connectivity index (χ0v) is 9.26. The molecule has 1 saturated heterocycles. The van der Waals surface area contributed by atoms with E-state index in [-0.39, 0.29) is 52.9 Å². The van der Waals surface area contributed by atoms with Crippen LogP contribution < -0.4 is 0 Å². The van der Waals surface area contributed by atoms with Crippen molar-refractivity contribution in [3.05, 3.63) is 0 Å². The molecule has 0 spiro atoms. The first-order chi connectivity index (χ1) is 7.66. The van der Waals surface area contributed by atoms with Gasteiger partial charge in [0.25, 0.3) is 0 Å². The van der Waals surface area contributed by atoms with Gasteiger partial charge in [-0.05, 0) is 0 Å². The van der Waals surface area contributed by atoms with Crippen LogP contribution in [0.3, 0.4) is 0 Å². The molecule has 1 aliphatic rings. The van der Waals surface area contributed by atoms with Crippen LogP contribution >= 0.6 is 0 Å². The molecule has 1 rings (SSSR count). The maximum Gasteiger partial charge on any atom is 0.0632 e. The van der Waals surface area contributed by atoms with Crippen LogP contribution in [0.4, 0.5) is 0 Å². The van der Waals surface area contributed by atoms with E-state index in [1.165, 1.54) is 0 Å². The minimum absolute atomic E-state index is 0.141. The first-order valence-corrected chi connectivity index (χ1v) is 5.25. The first kappa shape index (κ1) is 13.8. The normalized spacial score (nSPS) is 24.8. The van der Waals surface area contributed by atoms with Gasteiger partial charge in [-0.3, -0.25) is 0 Å². The number of ether oxygens (including phenoxy) is 2. The van der Waals surface area contributed by atoms with Crippen LogP contribution in [0.1, 0.15) is 0 Å². The van der Waals surface area contributed by atoms with E-state index in [0.717, 1.165) is 0 Å². The Hall–Kier alpha value is -0.240. The Kier molecular flexibility index (Phi) is 5.10. The third-order valence-corrected chi connectivity index (χ3v) is 2.97. The van der Waals surface area contributed by atoms with E-state index in [0.29, 0.717) is 0 Å². The molecular formula is C10H20O6. The van der Waals surface area contributed by atoms with E-state index in [4.69, 9.17) is 9.47 Å². The fourth-order valence-electron chi connectivity index (χ4n) is 1.52. The van der Waals surface area contributed by atoms with E-state index in [1.54, 1.807) is 0 Å². The number of hydrogen-bond donors (Lipinski definition) is 4. The smallest absolute Gasteiger partial charge is 0.0632 e. The third-order valence-electron chi connectivity index (χ3n) is 2.97. The van der Waals surface area contributed by atoms with Gasteiger partial charge in [0.1, 0.15) is 0 Å². The van der Waals surface area contributed by atoms with Crippen molar-refractivity contribution < 1.29 is 29.9 Å². The zero-order chi connectivity index (χ0) is 12.1. The Morgan fingerprint density at radius 1 is 0.625 bits per heavy atom. The summed E-state index contributed by atoms with van der Waals surface area (Å²) in [6.07, 6.45) is 0. The lowest BCUT2D eigenvalue weighted by Crippen LogP contribution is -2.48. The van der Waals surface area contributed by atoms with Crippen molar-refractivity contribution in [1.29, 1.82) is 0 Å². The van der Waals surface area contributed by atoms with Gasteiger partial charge in [-0.1, -0.05) is 0 Å². The lowest BCUT2D eigenvalue weighted by molar-refractivity contribution is -0.157. The lowest BCUT2D eigenvalue weighted by Gasteiger charge is -2.37. The summed E-state index contributed by atoms with van der Waals surface area (Å²) in [4.78, 5) is 0. The molecule has 6 heteroatoms. The quantitative estimate of drug-likeness (QED) is 0.449. The van der Waals surface area contributed by atoms with Crippen LogP contribution in [-0.2, 0) is 9.47 Å². The van der Waals surface area contributed by atoms with Gasteiger partial charge < -0.3 is 29.9 Å². The molecule has 1 heterocycles. The van der Waals surface area contributed by atoms with Crippen molar-refractivity contribution in [2.45, 2.75) is 0 Å². The molecule has 0 aliphatic carbocycles. The van der Waals surface area contributed by atoms with Crippen molar-refractivity contribution in [2.75, 3.05) is 52.9 Å². The second kappa shape index (κ2) is 5.90. The molecule has 6 nitrogen and oxygen atoms in total. The molecule has 16 heavy (non-hydrogen) atoms. The highest BCUT2D eigenvalue weighted by molar-refractivity contribution is 4.84. The average Bonchev–Trinajstić information content (AvgIpc) is 2.31. The summed E-state index contributed by atoms with van der Waals surface area (Å²) < 4.78 is 10.7. The second-order valence-electron chi connectivity index (χ2n) is 4.62. The zero-order valence-electron chi connectivity index (χ0n) is 9.26. The Morgan fingerprint density at radius 3 is 1.06 bits per heavy atom. The second-order valence-corrected chi connectivity index (χ2v) is 4.62. The van der Waals surface area contributed by atoms with Crippen molar-refractivity contribution in [3.63, 3.8) is 0 Å². The molecule has 1 aliphatic heterocycles. The van der Waals surface area contributed by atoms with Gasteiger partial charge >= 0.3 is 0 Å². The Labute approximate surface area is 94.4 Å². The van der Waals surface area contributed by atoms with Crippen molar-refractivity contribution in [3.8, 4) is 0 Å².